The first kappa shape index (κ1) is 17.0. The van der Waals surface area contributed by atoms with E-state index in [4.69, 9.17) is 9.15 Å². The van der Waals surface area contributed by atoms with Gasteiger partial charge < -0.3 is 14.3 Å². The zero-order valence-corrected chi connectivity index (χ0v) is 15.6. The number of aliphatic hydroxyl groups is 1. The van der Waals surface area contributed by atoms with Gasteiger partial charge in [-0.3, -0.25) is 0 Å². The molecule has 0 amide bonds. The molecular formula is C16H25BrO3Si. The van der Waals surface area contributed by atoms with Crippen LogP contribution in [0.1, 0.15) is 18.6 Å². The number of alkyl halides is 1. The Morgan fingerprint density at radius 3 is 2.71 bits per heavy atom. The molecule has 1 aliphatic heterocycles. The van der Waals surface area contributed by atoms with Crippen molar-refractivity contribution in [2.24, 2.45) is 0 Å². The van der Waals surface area contributed by atoms with E-state index >= 15 is 0 Å². The molecule has 1 aliphatic rings. The summed E-state index contributed by atoms with van der Waals surface area (Å²) in [4.78, 5) is 0. The minimum absolute atomic E-state index is 0.0296. The molecule has 21 heavy (non-hydrogen) atoms. The molecule has 5 heteroatoms. The summed E-state index contributed by atoms with van der Waals surface area (Å²) in [6.07, 6.45) is 3.62. The second kappa shape index (κ2) is 6.81. The number of ether oxygens (including phenoxy) is 1. The van der Waals surface area contributed by atoms with Crippen molar-refractivity contribution >= 4 is 29.4 Å². The molecule has 1 fully saturated rings. The minimum Gasteiger partial charge on any atom is -0.472 e. The Bertz CT molecular complexity index is 486. The molecule has 0 spiro atoms. The van der Waals surface area contributed by atoms with Crippen LogP contribution in [-0.2, 0) is 4.74 Å². The lowest BCUT2D eigenvalue weighted by atomic mass is 10.1. The maximum Gasteiger partial charge on any atom is 0.135 e. The van der Waals surface area contributed by atoms with E-state index in [2.05, 4.69) is 35.6 Å². The molecule has 0 radical (unpaired) electrons. The van der Waals surface area contributed by atoms with Crippen LogP contribution in [0.15, 0.2) is 29.2 Å². The highest BCUT2D eigenvalue weighted by Crippen LogP contribution is 2.38. The van der Waals surface area contributed by atoms with Crippen LogP contribution in [0, 0.1) is 6.92 Å². The van der Waals surface area contributed by atoms with Crippen molar-refractivity contribution in [1.29, 1.82) is 0 Å². The van der Waals surface area contributed by atoms with Crippen molar-refractivity contribution in [3.63, 3.8) is 0 Å². The van der Waals surface area contributed by atoms with Gasteiger partial charge in [-0.2, -0.15) is 0 Å². The van der Waals surface area contributed by atoms with Gasteiger partial charge in [-0.05, 0) is 31.9 Å². The average molecular weight is 373 g/mol. The van der Waals surface area contributed by atoms with Crippen LogP contribution in [0.2, 0.25) is 18.6 Å². The highest BCUT2D eigenvalue weighted by molar-refractivity contribution is 9.09. The quantitative estimate of drug-likeness (QED) is 0.329. The van der Waals surface area contributed by atoms with Crippen LogP contribution in [0.5, 0.6) is 0 Å². The molecule has 0 aromatic carbocycles. The fourth-order valence-corrected chi connectivity index (χ4v) is 6.20. The molecule has 2 rings (SSSR count). The van der Waals surface area contributed by atoms with Crippen LogP contribution in [0.3, 0.4) is 0 Å². The molecule has 3 nitrogen and oxygen atoms in total. The Kier molecular flexibility index (Phi) is 5.52. The Labute approximate surface area is 136 Å². The van der Waals surface area contributed by atoms with Gasteiger partial charge in [-0.25, -0.2) is 0 Å². The van der Waals surface area contributed by atoms with Crippen molar-refractivity contribution in [3.8, 4) is 0 Å². The molecule has 118 valence electrons. The Morgan fingerprint density at radius 1 is 1.48 bits per heavy atom. The van der Waals surface area contributed by atoms with Crippen molar-refractivity contribution in [2.45, 2.75) is 56.7 Å². The van der Waals surface area contributed by atoms with Crippen LogP contribution >= 0.6 is 15.9 Å². The summed E-state index contributed by atoms with van der Waals surface area (Å²) < 4.78 is 11.5. The first-order chi connectivity index (χ1) is 9.91. The Balaban J connectivity index is 2.07. The van der Waals surface area contributed by atoms with Gasteiger partial charge in [0, 0.05) is 10.9 Å². The van der Waals surface area contributed by atoms with Crippen LogP contribution in [0.4, 0.5) is 0 Å². The molecule has 4 atom stereocenters. The van der Waals surface area contributed by atoms with E-state index in [0.717, 1.165) is 29.3 Å². The van der Waals surface area contributed by atoms with E-state index in [0.29, 0.717) is 0 Å². The van der Waals surface area contributed by atoms with Crippen molar-refractivity contribution in [2.75, 3.05) is 5.33 Å². The fourth-order valence-electron chi connectivity index (χ4n) is 2.98. The minimum atomic E-state index is -1.96. The lowest BCUT2D eigenvalue weighted by molar-refractivity contribution is 0.136. The normalized spacial score (nSPS) is 24.6. The van der Waals surface area contributed by atoms with Gasteiger partial charge in [-0.1, -0.05) is 35.1 Å². The van der Waals surface area contributed by atoms with E-state index in [1.165, 1.54) is 0 Å². The van der Waals surface area contributed by atoms with Gasteiger partial charge in [0.25, 0.3) is 0 Å². The summed E-state index contributed by atoms with van der Waals surface area (Å²) >= 11 is 3.43. The molecule has 0 aliphatic carbocycles. The number of aryl methyl sites for hydroxylation is 1. The third-order valence-corrected chi connectivity index (χ3v) is 8.75. The van der Waals surface area contributed by atoms with Crippen molar-refractivity contribution < 1.29 is 14.3 Å². The number of aliphatic hydroxyl groups excluding tert-OH is 1. The largest absolute Gasteiger partial charge is 0.472 e. The van der Waals surface area contributed by atoms with Gasteiger partial charge in [0.2, 0.25) is 0 Å². The summed E-state index contributed by atoms with van der Waals surface area (Å²) in [6, 6.07) is 4.03. The maximum atomic E-state index is 10.7. The molecular weight excluding hydrogens is 348 g/mol. The van der Waals surface area contributed by atoms with Crippen LogP contribution < -0.4 is 5.38 Å². The third-order valence-electron chi connectivity index (χ3n) is 4.41. The summed E-state index contributed by atoms with van der Waals surface area (Å²) in [5.41, 5.74) is 0.0296. The Hall–Kier alpha value is -0.363. The predicted octanol–water partition coefficient (Wildman–Crippen LogP) is 3.36. The second-order valence-corrected chi connectivity index (χ2v) is 11.8. The SMILES string of the molecule is C=C[C@@H]([C@H](O)[C@H]1O[C@@H]1CCCBr)[Si](C)(C)c1ccc(C)o1. The molecule has 0 saturated carbocycles. The number of hydrogen-bond acceptors (Lipinski definition) is 3. The van der Waals surface area contributed by atoms with Crippen molar-refractivity contribution in [1.82, 2.24) is 0 Å². The van der Waals surface area contributed by atoms with E-state index in [1.54, 1.807) is 0 Å². The Morgan fingerprint density at radius 2 is 2.19 bits per heavy atom. The first-order valence-electron chi connectivity index (χ1n) is 7.50. The number of hydrogen-bond donors (Lipinski definition) is 1. The molecule has 1 aromatic heterocycles. The van der Waals surface area contributed by atoms with Crippen LogP contribution in [0.25, 0.3) is 0 Å². The summed E-state index contributed by atoms with van der Waals surface area (Å²) in [5, 5.41) is 12.7. The number of halogens is 1. The highest BCUT2D eigenvalue weighted by atomic mass is 79.9. The second-order valence-electron chi connectivity index (χ2n) is 6.35. The lowest BCUT2D eigenvalue weighted by Crippen LogP contribution is -2.50. The number of rotatable bonds is 8. The van der Waals surface area contributed by atoms with Gasteiger partial charge in [0.1, 0.15) is 14.2 Å². The van der Waals surface area contributed by atoms with Crippen molar-refractivity contribution in [3.05, 3.63) is 30.5 Å². The monoisotopic (exact) mass is 372 g/mol. The predicted molar refractivity (Wildman–Crippen MR) is 92.2 cm³/mol. The number of epoxide rings is 1. The van der Waals surface area contributed by atoms with Gasteiger partial charge >= 0.3 is 0 Å². The zero-order valence-electron chi connectivity index (χ0n) is 13.0. The van der Waals surface area contributed by atoms with Gasteiger partial charge in [0.15, 0.2) is 0 Å². The lowest BCUT2D eigenvalue weighted by Gasteiger charge is -2.31. The molecule has 0 bridgehead atoms. The van der Waals surface area contributed by atoms with E-state index in [9.17, 15) is 5.11 Å². The summed E-state index contributed by atoms with van der Waals surface area (Å²) in [7, 11) is -1.96. The maximum absolute atomic E-state index is 10.7. The van der Waals surface area contributed by atoms with E-state index in [1.807, 2.05) is 25.1 Å². The molecule has 0 unspecified atom stereocenters. The van der Waals surface area contributed by atoms with E-state index < -0.39 is 14.2 Å². The fraction of sp³-hybridized carbons (Fsp3) is 0.625. The summed E-state index contributed by atoms with van der Waals surface area (Å²) in [5.74, 6) is 0.917. The van der Waals surface area contributed by atoms with Gasteiger partial charge in [-0.15, -0.1) is 6.58 Å². The van der Waals surface area contributed by atoms with E-state index in [-0.39, 0.29) is 17.7 Å². The molecule has 2 heterocycles. The molecule has 1 aromatic rings. The van der Waals surface area contributed by atoms with Crippen LogP contribution in [-0.4, -0.2) is 36.8 Å². The standard InChI is InChI=1S/C16H25BrO3Si/c1-5-13(15(18)16-12(20-16)7-6-10-17)21(3,4)14-9-8-11(2)19-14/h5,8-9,12-13,15-16,18H,1,6-7,10H2,2-4H3/t12-,13+,15+,16+/m1/s1. The smallest absolute Gasteiger partial charge is 0.135 e. The average Bonchev–Trinajstić information content (AvgIpc) is 3.08. The van der Waals surface area contributed by atoms with Gasteiger partial charge in [0.05, 0.1) is 23.4 Å². The highest BCUT2D eigenvalue weighted by Gasteiger charge is 2.50. The topological polar surface area (TPSA) is 45.9 Å². The first-order valence-corrected chi connectivity index (χ1v) is 11.7. The third kappa shape index (κ3) is 3.70. The zero-order chi connectivity index (χ0) is 15.6. The number of furan rings is 1. The summed E-state index contributed by atoms with van der Waals surface area (Å²) in [6.45, 7) is 10.3. The molecule has 1 saturated heterocycles. The molecule has 1 N–H and O–H groups in total.